The minimum atomic E-state index is -1.08. The molecule has 4 aromatic rings. The van der Waals surface area contributed by atoms with Crippen LogP contribution in [0.1, 0.15) is 41.6 Å². The molecule has 4 aliphatic rings. The Balaban J connectivity index is 1.08. The first-order chi connectivity index (χ1) is 21.8. The van der Waals surface area contributed by atoms with Crippen LogP contribution < -0.4 is 14.4 Å². The molecule has 1 N–H and O–H groups in total. The van der Waals surface area contributed by atoms with E-state index in [1.807, 2.05) is 25.1 Å². The Morgan fingerprint density at radius 2 is 1.98 bits per heavy atom. The summed E-state index contributed by atoms with van der Waals surface area (Å²) < 4.78 is 21.0. The second-order valence-electron chi connectivity index (χ2n) is 12.5. The highest BCUT2D eigenvalue weighted by molar-refractivity contribution is 6.30. The zero-order chi connectivity index (χ0) is 30.9. The van der Waals surface area contributed by atoms with Crippen LogP contribution in [0.2, 0.25) is 5.02 Å². The predicted molar refractivity (Wildman–Crippen MR) is 164 cm³/mol. The molecule has 8 rings (SSSR count). The number of anilines is 1. The largest absolute Gasteiger partial charge is 0.478 e. The van der Waals surface area contributed by atoms with E-state index >= 15 is 0 Å². The van der Waals surface area contributed by atoms with Gasteiger partial charge in [-0.1, -0.05) is 17.7 Å². The van der Waals surface area contributed by atoms with Crippen LogP contribution in [-0.4, -0.2) is 68.9 Å². The quantitative estimate of drug-likeness (QED) is 0.305. The van der Waals surface area contributed by atoms with E-state index in [0.717, 1.165) is 48.5 Å². The summed E-state index contributed by atoms with van der Waals surface area (Å²) in [5, 5.41) is 20.1. The molecule has 230 valence electrons. The van der Waals surface area contributed by atoms with E-state index in [2.05, 4.69) is 31.5 Å². The first-order valence-corrected chi connectivity index (χ1v) is 15.5. The molecule has 11 nitrogen and oxygen atoms in total. The lowest BCUT2D eigenvalue weighted by molar-refractivity contribution is -0.0716. The maximum atomic E-state index is 11.8. The number of halogens is 1. The van der Waals surface area contributed by atoms with Crippen molar-refractivity contribution in [3.63, 3.8) is 0 Å². The molecule has 1 saturated carbocycles. The summed E-state index contributed by atoms with van der Waals surface area (Å²) in [6, 6.07) is 17.2. The van der Waals surface area contributed by atoms with Crippen LogP contribution in [0.4, 0.5) is 5.69 Å². The van der Waals surface area contributed by atoms with Crippen molar-refractivity contribution in [2.45, 2.75) is 50.7 Å². The Labute approximate surface area is 264 Å². The van der Waals surface area contributed by atoms with Crippen molar-refractivity contribution >= 4 is 34.3 Å². The van der Waals surface area contributed by atoms with Gasteiger partial charge in [0.2, 0.25) is 0 Å². The van der Waals surface area contributed by atoms with E-state index in [1.165, 1.54) is 0 Å². The summed E-state index contributed by atoms with van der Waals surface area (Å²) in [6.07, 6.45) is 3.25. The van der Waals surface area contributed by atoms with Gasteiger partial charge >= 0.3 is 5.97 Å². The van der Waals surface area contributed by atoms with Gasteiger partial charge in [0.15, 0.2) is 11.5 Å². The first-order valence-electron chi connectivity index (χ1n) is 15.1. The maximum absolute atomic E-state index is 11.8. The number of imidazole rings is 1. The number of carboxylic acid groups (broad SMARTS) is 1. The minimum absolute atomic E-state index is 0.0692. The van der Waals surface area contributed by atoms with Crippen molar-refractivity contribution in [3.8, 4) is 17.6 Å². The monoisotopic (exact) mass is 626 g/mol. The molecule has 2 aromatic carbocycles. The third-order valence-electron chi connectivity index (χ3n) is 9.55. The lowest BCUT2D eigenvalue weighted by Crippen LogP contribution is -2.59. The van der Waals surface area contributed by atoms with Crippen LogP contribution in [0, 0.1) is 16.7 Å². The summed E-state index contributed by atoms with van der Waals surface area (Å²) in [6.45, 7) is 5.53. The Kier molecular flexibility index (Phi) is 6.46. The number of fused-ring (bicyclic) bond motifs is 3. The van der Waals surface area contributed by atoms with Gasteiger partial charge < -0.3 is 28.8 Å². The SMILES string of the molecule is C[C@]1(c2ccc(Cl)cn2)Oc2cccc(N3CCN(Cc4nc5ccc(C(=O)O)cc5n4CC4(C#N)CC4)[C@@H]4COC[C@@H]43)c2O1. The van der Waals surface area contributed by atoms with E-state index in [1.54, 1.807) is 30.5 Å². The molecule has 2 aromatic heterocycles. The summed E-state index contributed by atoms with van der Waals surface area (Å²) in [5.41, 5.74) is 2.84. The Morgan fingerprint density at radius 1 is 1.13 bits per heavy atom. The zero-order valence-electron chi connectivity index (χ0n) is 24.6. The second-order valence-corrected chi connectivity index (χ2v) is 12.9. The fraction of sp³-hybridized carbons (Fsp3) is 0.394. The van der Waals surface area contributed by atoms with Crippen LogP contribution in [0.25, 0.3) is 11.0 Å². The Morgan fingerprint density at radius 3 is 2.73 bits per heavy atom. The predicted octanol–water partition coefficient (Wildman–Crippen LogP) is 4.82. The van der Waals surface area contributed by atoms with Crippen molar-refractivity contribution in [2.75, 3.05) is 31.2 Å². The van der Waals surface area contributed by atoms with E-state index < -0.39 is 17.2 Å². The van der Waals surface area contributed by atoms with Gasteiger partial charge in [-0.15, -0.1) is 0 Å². The van der Waals surface area contributed by atoms with Crippen molar-refractivity contribution < 1.29 is 24.1 Å². The number of benzene rings is 2. The van der Waals surface area contributed by atoms with Crippen LogP contribution >= 0.6 is 11.6 Å². The van der Waals surface area contributed by atoms with Crippen molar-refractivity contribution in [3.05, 3.63) is 76.8 Å². The molecule has 12 heteroatoms. The van der Waals surface area contributed by atoms with Crippen LogP contribution in [0.3, 0.4) is 0 Å². The molecule has 0 amide bonds. The van der Waals surface area contributed by atoms with Crippen LogP contribution in [-0.2, 0) is 23.6 Å². The zero-order valence-corrected chi connectivity index (χ0v) is 25.4. The molecule has 0 spiro atoms. The number of rotatable bonds is 7. The van der Waals surface area contributed by atoms with Crippen molar-refractivity contribution in [1.29, 1.82) is 5.26 Å². The topological polar surface area (TPSA) is 126 Å². The van der Waals surface area contributed by atoms with Gasteiger partial charge in [-0.2, -0.15) is 5.26 Å². The standard InChI is InChI=1S/C33H31ClN6O5/c1-32(28-8-6-21(34)14-36-28)44-27-4-2-3-23(30(27)45-32)39-12-11-38(25-16-43-17-26(25)39)15-29-37-22-7-5-20(31(41)42)13-24(22)40(29)19-33(18-35)9-10-33/h2-8,13-14,25-26H,9-12,15-17,19H2,1H3,(H,41,42)/t25-,26+,32+/m1/s1. The Bertz CT molecular complexity index is 1870. The number of aromatic nitrogens is 3. The van der Waals surface area contributed by atoms with Crippen molar-refractivity contribution in [1.82, 2.24) is 19.4 Å². The number of aromatic carboxylic acids is 1. The smallest absolute Gasteiger partial charge is 0.335 e. The molecular weight excluding hydrogens is 596 g/mol. The fourth-order valence-electron chi connectivity index (χ4n) is 6.87. The van der Waals surface area contributed by atoms with Gasteiger partial charge in [-0.25, -0.2) is 9.78 Å². The van der Waals surface area contributed by atoms with Gasteiger partial charge in [0.1, 0.15) is 11.5 Å². The van der Waals surface area contributed by atoms with Gasteiger partial charge in [0, 0.05) is 32.8 Å². The number of hydrogen-bond acceptors (Lipinski definition) is 9. The van der Waals surface area contributed by atoms with Gasteiger partial charge in [0.25, 0.3) is 5.79 Å². The first kappa shape index (κ1) is 28.1. The van der Waals surface area contributed by atoms with Crippen LogP contribution in [0.15, 0.2) is 54.7 Å². The second kappa shape index (κ2) is 10.3. The highest BCUT2D eigenvalue weighted by Gasteiger charge is 2.47. The summed E-state index contributed by atoms with van der Waals surface area (Å²) in [5.74, 6) is 0.0971. The number of ether oxygens (including phenoxy) is 3. The number of piperazine rings is 1. The van der Waals surface area contributed by atoms with Gasteiger partial charge in [0.05, 0.1) is 70.6 Å². The molecule has 3 aliphatic heterocycles. The number of hydrogen-bond donors (Lipinski definition) is 1. The average Bonchev–Trinajstić information content (AvgIpc) is 3.32. The highest BCUT2D eigenvalue weighted by atomic mass is 35.5. The average molecular weight is 627 g/mol. The van der Waals surface area contributed by atoms with E-state index in [9.17, 15) is 15.2 Å². The number of pyridine rings is 1. The highest BCUT2D eigenvalue weighted by Crippen LogP contribution is 2.50. The summed E-state index contributed by atoms with van der Waals surface area (Å²) >= 11 is 6.07. The molecular formula is C33H31ClN6O5. The molecule has 0 unspecified atom stereocenters. The molecule has 0 radical (unpaired) electrons. The maximum Gasteiger partial charge on any atom is 0.335 e. The molecule has 0 bridgehead atoms. The van der Waals surface area contributed by atoms with Crippen LogP contribution in [0.5, 0.6) is 11.5 Å². The molecule has 2 saturated heterocycles. The van der Waals surface area contributed by atoms with E-state index in [-0.39, 0.29) is 17.6 Å². The number of nitriles is 1. The molecule has 3 fully saturated rings. The summed E-state index contributed by atoms with van der Waals surface area (Å²) in [4.78, 5) is 25.9. The molecule has 3 atom stereocenters. The van der Waals surface area contributed by atoms with Gasteiger partial charge in [-0.05, 0) is 55.3 Å². The van der Waals surface area contributed by atoms with E-state index in [0.29, 0.717) is 48.5 Å². The fourth-order valence-corrected chi connectivity index (χ4v) is 6.98. The lowest BCUT2D eigenvalue weighted by atomic mass is 10.0. The third kappa shape index (κ3) is 4.76. The normalized spacial score (nSPS) is 24.9. The number of para-hydroxylation sites is 1. The van der Waals surface area contributed by atoms with Crippen molar-refractivity contribution in [2.24, 2.45) is 5.41 Å². The number of nitrogens with zero attached hydrogens (tertiary/aromatic N) is 6. The molecule has 45 heavy (non-hydrogen) atoms. The summed E-state index contributed by atoms with van der Waals surface area (Å²) in [7, 11) is 0. The Hall–Kier alpha value is -4.37. The number of carboxylic acids is 1. The molecule has 1 aliphatic carbocycles. The lowest BCUT2D eigenvalue weighted by Gasteiger charge is -2.44. The van der Waals surface area contributed by atoms with Gasteiger partial charge in [-0.3, -0.25) is 9.88 Å². The molecule has 5 heterocycles. The number of carbonyl (C=O) groups is 1. The van der Waals surface area contributed by atoms with E-state index in [4.69, 9.17) is 30.8 Å². The minimum Gasteiger partial charge on any atom is -0.478 e. The third-order valence-corrected chi connectivity index (χ3v) is 9.77.